The van der Waals surface area contributed by atoms with Crippen LogP contribution in [0.5, 0.6) is 0 Å². The topological polar surface area (TPSA) is 59.5 Å². The molecule has 0 saturated heterocycles. The van der Waals surface area contributed by atoms with Gasteiger partial charge in [0, 0.05) is 10.5 Å². The number of anilines is 1. The number of amides is 1. The number of esters is 1. The smallest absolute Gasteiger partial charge is 0.350 e. The number of nitrogens with zero attached hydrogens (tertiary/aromatic N) is 2. The molecule has 126 valence electrons. The highest BCUT2D eigenvalue weighted by Crippen LogP contribution is 2.37. The highest BCUT2D eigenvalue weighted by molar-refractivity contribution is 9.10. The summed E-state index contributed by atoms with van der Waals surface area (Å²) in [4.78, 5) is 31.7. The molecule has 1 fully saturated rings. The molecular weight excluding hydrogens is 392 g/mol. The van der Waals surface area contributed by atoms with E-state index in [4.69, 9.17) is 4.74 Å². The van der Waals surface area contributed by atoms with Crippen LogP contribution in [0.1, 0.15) is 45.5 Å². The molecule has 2 aromatic rings. The third kappa shape index (κ3) is 3.37. The van der Waals surface area contributed by atoms with Crippen molar-refractivity contribution in [1.29, 1.82) is 0 Å². The number of aromatic nitrogens is 1. The van der Waals surface area contributed by atoms with Crippen molar-refractivity contribution in [3.8, 4) is 0 Å². The van der Waals surface area contributed by atoms with Crippen LogP contribution in [-0.2, 0) is 4.74 Å². The van der Waals surface area contributed by atoms with Crippen LogP contribution in [-0.4, -0.2) is 29.5 Å². The Balaban J connectivity index is 1.95. The van der Waals surface area contributed by atoms with Gasteiger partial charge >= 0.3 is 5.97 Å². The van der Waals surface area contributed by atoms with Crippen molar-refractivity contribution in [3.05, 3.63) is 44.9 Å². The third-order valence-electron chi connectivity index (χ3n) is 3.69. The molecule has 0 aliphatic heterocycles. The molecule has 5 nitrogen and oxygen atoms in total. The number of halogens is 1. The second-order valence-electron chi connectivity index (χ2n) is 5.52. The number of thiazole rings is 1. The molecule has 1 amide bonds. The summed E-state index contributed by atoms with van der Waals surface area (Å²) in [7, 11) is 0. The first-order valence-electron chi connectivity index (χ1n) is 7.75. The van der Waals surface area contributed by atoms with E-state index in [1.54, 1.807) is 24.8 Å². The molecule has 0 atom stereocenters. The summed E-state index contributed by atoms with van der Waals surface area (Å²) < 4.78 is 5.81. The molecule has 0 N–H and O–H groups in total. The van der Waals surface area contributed by atoms with Crippen LogP contribution in [0.15, 0.2) is 28.7 Å². The first kappa shape index (κ1) is 17.1. The Kier molecular flexibility index (Phi) is 5.01. The van der Waals surface area contributed by atoms with Crippen molar-refractivity contribution < 1.29 is 14.3 Å². The Morgan fingerprint density at radius 3 is 2.71 bits per heavy atom. The highest BCUT2D eigenvalue weighted by atomic mass is 79.9. The maximum atomic E-state index is 13.0. The Morgan fingerprint density at radius 2 is 2.08 bits per heavy atom. The van der Waals surface area contributed by atoms with Gasteiger partial charge in [-0.3, -0.25) is 9.69 Å². The highest BCUT2D eigenvalue weighted by Gasteiger charge is 2.37. The fourth-order valence-electron chi connectivity index (χ4n) is 2.38. The second-order valence-corrected chi connectivity index (χ2v) is 7.35. The number of hydrogen-bond donors (Lipinski definition) is 0. The van der Waals surface area contributed by atoms with Crippen molar-refractivity contribution in [3.63, 3.8) is 0 Å². The number of aryl methyl sites for hydroxylation is 1. The number of carbonyl (C=O) groups excluding carboxylic acids is 2. The van der Waals surface area contributed by atoms with Gasteiger partial charge in [-0.25, -0.2) is 9.78 Å². The number of ether oxygens (including phenoxy) is 1. The molecule has 1 aliphatic carbocycles. The Hall–Kier alpha value is -1.73. The predicted octanol–water partition coefficient (Wildman–Crippen LogP) is 4.20. The molecule has 7 heteroatoms. The van der Waals surface area contributed by atoms with Crippen LogP contribution in [0.4, 0.5) is 5.13 Å². The monoisotopic (exact) mass is 408 g/mol. The summed E-state index contributed by atoms with van der Waals surface area (Å²) in [6.07, 6.45) is 1.90. The van der Waals surface area contributed by atoms with Gasteiger partial charge in [0.15, 0.2) is 5.13 Å². The molecule has 24 heavy (non-hydrogen) atoms. The van der Waals surface area contributed by atoms with Gasteiger partial charge in [-0.05, 0) is 54.8 Å². The van der Waals surface area contributed by atoms with Crippen LogP contribution in [0.3, 0.4) is 0 Å². The van der Waals surface area contributed by atoms with E-state index in [0.29, 0.717) is 27.9 Å². The molecule has 0 radical (unpaired) electrons. The maximum Gasteiger partial charge on any atom is 0.350 e. The molecule has 1 aromatic carbocycles. The Morgan fingerprint density at radius 1 is 1.38 bits per heavy atom. The van der Waals surface area contributed by atoms with E-state index < -0.39 is 0 Å². The van der Waals surface area contributed by atoms with Gasteiger partial charge in [0.1, 0.15) is 4.88 Å². The minimum atomic E-state index is -0.386. The fourth-order valence-corrected chi connectivity index (χ4v) is 3.86. The molecule has 1 aliphatic rings. The van der Waals surface area contributed by atoms with Crippen molar-refractivity contribution in [2.75, 3.05) is 11.5 Å². The minimum absolute atomic E-state index is 0.103. The lowest BCUT2D eigenvalue weighted by molar-refractivity contribution is 0.0531. The number of benzene rings is 1. The molecule has 0 unspecified atom stereocenters. The number of rotatable bonds is 5. The summed E-state index contributed by atoms with van der Waals surface area (Å²) in [6.45, 7) is 3.84. The van der Waals surface area contributed by atoms with Gasteiger partial charge in [0.2, 0.25) is 0 Å². The fraction of sp³-hybridized carbons (Fsp3) is 0.353. The molecule has 0 spiro atoms. The van der Waals surface area contributed by atoms with E-state index in [2.05, 4.69) is 20.9 Å². The average molecular weight is 409 g/mol. The minimum Gasteiger partial charge on any atom is -0.462 e. The lowest BCUT2D eigenvalue weighted by atomic mass is 10.2. The van der Waals surface area contributed by atoms with E-state index in [9.17, 15) is 9.59 Å². The first-order chi connectivity index (χ1) is 11.5. The van der Waals surface area contributed by atoms with Crippen LogP contribution in [0.25, 0.3) is 0 Å². The van der Waals surface area contributed by atoms with Crippen LogP contribution >= 0.6 is 27.3 Å². The van der Waals surface area contributed by atoms with Gasteiger partial charge < -0.3 is 4.74 Å². The largest absolute Gasteiger partial charge is 0.462 e. The second kappa shape index (κ2) is 7.03. The SMILES string of the molecule is CCOC(=O)c1sc(N(C(=O)c2ccccc2Br)C2CC2)nc1C. The van der Waals surface area contributed by atoms with Gasteiger partial charge in [-0.15, -0.1) is 0 Å². The summed E-state index contributed by atoms with van der Waals surface area (Å²) in [5.41, 5.74) is 1.19. The number of carbonyl (C=O) groups is 2. The molecular formula is C17H17BrN2O3S. The summed E-state index contributed by atoms with van der Waals surface area (Å²) in [5, 5.41) is 0.554. The van der Waals surface area contributed by atoms with Crippen molar-refractivity contribution in [1.82, 2.24) is 4.98 Å². The summed E-state index contributed by atoms with van der Waals surface area (Å²) in [5.74, 6) is -0.489. The van der Waals surface area contributed by atoms with Gasteiger partial charge in [-0.1, -0.05) is 23.5 Å². The lowest BCUT2D eigenvalue weighted by Crippen LogP contribution is -2.33. The van der Waals surface area contributed by atoms with Crippen LogP contribution in [0.2, 0.25) is 0 Å². The molecule has 1 heterocycles. The standard InChI is InChI=1S/C17H17BrN2O3S/c1-3-23-16(22)14-10(2)19-17(24-14)20(11-8-9-11)15(21)12-6-4-5-7-13(12)18/h4-7,11H,3,8-9H2,1-2H3. The first-order valence-corrected chi connectivity index (χ1v) is 9.36. The van der Waals surface area contributed by atoms with Gasteiger partial charge in [0.05, 0.1) is 17.9 Å². The van der Waals surface area contributed by atoms with E-state index in [0.717, 1.165) is 17.3 Å². The van der Waals surface area contributed by atoms with E-state index >= 15 is 0 Å². The molecule has 0 bridgehead atoms. The quantitative estimate of drug-likeness (QED) is 0.695. The normalized spacial score (nSPS) is 13.6. The van der Waals surface area contributed by atoms with E-state index in [1.807, 2.05) is 18.2 Å². The molecule has 3 rings (SSSR count). The van der Waals surface area contributed by atoms with Crippen molar-refractivity contribution in [2.45, 2.75) is 32.7 Å². The molecule has 1 saturated carbocycles. The van der Waals surface area contributed by atoms with Crippen LogP contribution < -0.4 is 4.90 Å². The lowest BCUT2D eigenvalue weighted by Gasteiger charge is -2.20. The molecule has 1 aromatic heterocycles. The number of hydrogen-bond acceptors (Lipinski definition) is 5. The zero-order valence-corrected chi connectivity index (χ0v) is 15.8. The zero-order valence-electron chi connectivity index (χ0n) is 13.4. The van der Waals surface area contributed by atoms with Gasteiger partial charge in [0.25, 0.3) is 5.91 Å². The summed E-state index contributed by atoms with van der Waals surface area (Å²) >= 11 is 4.65. The third-order valence-corrected chi connectivity index (χ3v) is 5.52. The van der Waals surface area contributed by atoms with E-state index in [1.165, 1.54) is 11.3 Å². The Bertz CT molecular complexity index is 786. The predicted molar refractivity (Wildman–Crippen MR) is 96.8 cm³/mol. The summed E-state index contributed by atoms with van der Waals surface area (Å²) in [6, 6.07) is 7.48. The maximum absolute atomic E-state index is 13.0. The zero-order chi connectivity index (χ0) is 17.3. The van der Waals surface area contributed by atoms with Crippen molar-refractivity contribution in [2.24, 2.45) is 0 Å². The average Bonchev–Trinajstić information content (AvgIpc) is 3.30. The van der Waals surface area contributed by atoms with Crippen LogP contribution in [0, 0.1) is 6.92 Å². The van der Waals surface area contributed by atoms with Crippen molar-refractivity contribution >= 4 is 44.3 Å². The Labute approximate surface area is 152 Å². The van der Waals surface area contributed by atoms with E-state index in [-0.39, 0.29) is 17.9 Å². The van der Waals surface area contributed by atoms with Gasteiger partial charge in [-0.2, -0.15) is 0 Å².